The van der Waals surface area contributed by atoms with Crippen LogP contribution < -0.4 is 10.2 Å². The second kappa shape index (κ2) is 7.76. The molecule has 5 rings (SSSR count). The minimum atomic E-state index is 0.119. The summed E-state index contributed by atoms with van der Waals surface area (Å²) >= 11 is 1.63. The van der Waals surface area contributed by atoms with Crippen LogP contribution >= 0.6 is 11.3 Å². The number of fused-ring (bicyclic) bond motifs is 2. The quantitative estimate of drug-likeness (QED) is 0.499. The highest BCUT2D eigenvalue weighted by molar-refractivity contribution is 7.17. The van der Waals surface area contributed by atoms with E-state index in [1.807, 2.05) is 57.5 Å². The van der Waals surface area contributed by atoms with Gasteiger partial charge in [-0.3, -0.25) is 4.79 Å². The van der Waals surface area contributed by atoms with E-state index >= 15 is 0 Å². The van der Waals surface area contributed by atoms with Crippen molar-refractivity contribution in [2.45, 2.75) is 13.0 Å². The van der Waals surface area contributed by atoms with Crippen LogP contribution in [0.4, 0.5) is 17.2 Å². The molecule has 0 aliphatic carbocycles. The van der Waals surface area contributed by atoms with E-state index in [4.69, 9.17) is 9.97 Å². The molecule has 0 fully saturated rings. The van der Waals surface area contributed by atoms with Crippen LogP contribution in [0.15, 0.2) is 53.9 Å². The Kier molecular flexibility index (Phi) is 4.92. The van der Waals surface area contributed by atoms with Crippen LogP contribution in [-0.4, -0.2) is 41.9 Å². The fourth-order valence-electron chi connectivity index (χ4n) is 3.94. The molecule has 0 atom stereocenters. The molecule has 1 N–H and O–H groups in total. The summed E-state index contributed by atoms with van der Waals surface area (Å²) in [6.45, 7) is 0.659. The monoisotopic (exact) mass is 429 g/mol. The minimum absolute atomic E-state index is 0.119. The number of anilines is 3. The first-order valence-electron chi connectivity index (χ1n) is 10.1. The van der Waals surface area contributed by atoms with E-state index in [0.717, 1.165) is 49.9 Å². The van der Waals surface area contributed by atoms with Crippen LogP contribution in [0, 0.1) is 0 Å². The van der Waals surface area contributed by atoms with Crippen LogP contribution in [0.1, 0.15) is 11.4 Å². The summed E-state index contributed by atoms with van der Waals surface area (Å²) in [7, 11) is 5.84. The van der Waals surface area contributed by atoms with Crippen molar-refractivity contribution in [2.24, 2.45) is 0 Å². The summed E-state index contributed by atoms with van der Waals surface area (Å²) in [5.41, 5.74) is 5.18. The summed E-state index contributed by atoms with van der Waals surface area (Å²) in [5, 5.41) is 6.69. The first-order valence-corrected chi connectivity index (χ1v) is 11.0. The molecule has 2 aromatic carbocycles. The van der Waals surface area contributed by atoms with Gasteiger partial charge in [0.1, 0.15) is 16.5 Å². The Labute approximate surface area is 185 Å². The normalized spacial score (nSPS) is 13.3. The van der Waals surface area contributed by atoms with E-state index < -0.39 is 0 Å². The third-order valence-corrected chi connectivity index (χ3v) is 6.31. The number of likely N-dealkylation sites (N-methyl/N-ethyl adjacent to an activating group) is 1. The molecular weight excluding hydrogens is 406 g/mol. The molecule has 0 bridgehead atoms. The SMILES string of the molecule is CN(C)Cc1nc(Nc2ccc3c(c2)CC(=O)N3C)c2c(-c3ccccc3)csc2n1. The fourth-order valence-corrected chi connectivity index (χ4v) is 4.91. The molecule has 0 saturated carbocycles. The summed E-state index contributed by atoms with van der Waals surface area (Å²) in [6, 6.07) is 16.4. The molecule has 1 amide bonds. The highest BCUT2D eigenvalue weighted by Crippen LogP contribution is 2.39. The van der Waals surface area contributed by atoms with Gasteiger partial charge in [-0.25, -0.2) is 9.97 Å². The molecule has 6 nitrogen and oxygen atoms in total. The number of carbonyl (C=O) groups excluding carboxylic acids is 1. The Bertz CT molecular complexity index is 1280. The largest absolute Gasteiger partial charge is 0.340 e. The highest BCUT2D eigenvalue weighted by Gasteiger charge is 2.24. The van der Waals surface area contributed by atoms with Gasteiger partial charge >= 0.3 is 0 Å². The van der Waals surface area contributed by atoms with Crippen molar-refractivity contribution >= 4 is 44.7 Å². The number of thiophene rings is 1. The number of aromatic nitrogens is 2. The highest BCUT2D eigenvalue weighted by atomic mass is 32.1. The molecule has 0 saturated heterocycles. The summed E-state index contributed by atoms with van der Waals surface area (Å²) in [4.78, 5) is 26.5. The van der Waals surface area contributed by atoms with Crippen molar-refractivity contribution in [1.29, 1.82) is 0 Å². The predicted octanol–water partition coefficient (Wildman–Crippen LogP) is 4.68. The smallest absolute Gasteiger partial charge is 0.231 e. The van der Waals surface area contributed by atoms with Crippen molar-refractivity contribution in [3.05, 3.63) is 65.3 Å². The lowest BCUT2D eigenvalue weighted by atomic mass is 10.1. The number of rotatable bonds is 5. The molecule has 4 aromatic rings. The first-order chi connectivity index (χ1) is 15.0. The number of amides is 1. The lowest BCUT2D eigenvalue weighted by molar-refractivity contribution is -0.117. The van der Waals surface area contributed by atoms with Gasteiger partial charge in [0.05, 0.1) is 18.4 Å². The summed E-state index contributed by atoms with van der Waals surface area (Å²) < 4.78 is 0. The van der Waals surface area contributed by atoms with E-state index in [9.17, 15) is 4.79 Å². The van der Waals surface area contributed by atoms with Gasteiger partial charge in [-0.1, -0.05) is 30.3 Å². The molecule has 0 radical (unpaired) electrons. The standard InChI is InChI=1S/C24H23N5OS/c1-28(2)13-20-26-23(25-17-9-10-19-16(11-17)12-21(30)29(19)3)22-18(14-31-24(22)27-20)15-7-5-4-6-8-15/h4-11,14H,12-13H2,1-3H3,(H,25,26,27). The van der Waals surface area contributed by atoms with Crippen molar-refractivity contribution < 1.29 is 4.79 Å². The summed E-state index contributed by atoms with van der Waals surface area (Å²) in [6.07, 6.45) is 0.431. The number of benzene rings is 2. The molecule has 7 heteroatoms. The molecule has 0 unspecified atom stereocenters. The third-order valence-electron chi connectivity index (χ3n) is 5.44. The van der Waals surface area contributed by atoms with Crippen molar-refractivity contribution in [3.63, 3.8) is 0 Å². The van der Waals surface area contributed by atoms with Gasteiger partial charge in [-0.05, 0) is 43.4 Å². The number of carbonyl (C=O) groups is 1. The second-order valence-electron chi connectivity index (χ2n) is 8.02. The van der Waals surface area contributed by atoms with Crippen LogP contribution in [-0.2, 0) is 17.8 Å². The van der Waals surface area contributed by atoms with Gasteiger partial charge in [-0.2, -0.15) is 0 Å². The van der Waals surface area contributed by atoms with Crippen molar-refractivity contribution in [2.75, 3.05) is 31.4 Å². The number of hydrogen-bond donors (Lipinski definition) is 1. The van der Waals surface area contributed by atoms with Crippen molar-refractivity contribution in [3.8, 4) is 11.1 Å². The lowest BCUT2D eigenvalue weighted by Crippen LogP contribution is -2.20. The minimum Gasteiger partial charge on any atom is -0.340 e. The van der Waals surface area contributed by atoms with Gasteiger partial charge in [0.15, 0.2) is 0 Å². The Morgan fingerprint density at radius 3 is 2.71 bits per heavy atom. The molecule has 0 spiro atoms. The molecule has 1 aliphatic rings. The second-order valence-corrected chi connectivity index (χ2v) is 8.88. The van der Waals surface area contributed by atoms with E-state index in [-0.39, 0.29) is 5.91 Å². The maximum Gasteiger partial charge on any atom is 0.231 e. The predicted molar refractivity (Wildman–Crippen MR) is 127 cm³/mol. The zero-order chi connectivity index (χ0) is 21.5. The zero-order valence-corrected chi connectivity index (χ0v) is 18.5. The van der Waals surface area contributed by atoms with Crippen LogP contribution in [0.25, 0.3) is 21.3 Å². The molecule has 156 valence electrons. The van der Waals surface area contributed by atoms with Crippen LogP contribution in [0.2, 0.25) is 0 Å². The topological polar surface area (TPSA) is 61.4 Å². The Hall–Kier alpha value is -3.29. The van der Waals surface area contributed by atoms with E-state index in [2.05, 4.69) is 27.7 Å². The van der Waals surface area contributed by atoms with E-state index in [0.29, 0.717) is 13.0 Å². The fraction of sp³-hybridized carbons (Fsp3) is 0.208. The van der Waals surface area contributed by atoms with Gasteiger partial charge in [0.2, 0.25) is 5.91 Å². The van der Waals surface area contributed by atoms with Gasteiger partial charge < -0.3 is 15.1 Å². The Morgan fingerprint density at radius 1 is 1.13 bits per heavy atom. The van der Waals surface area contributed by atoms with E-state index in [1.54, 1.807) is 16.2 Å². The molecule has 31 heavy (non-hydrogen) atoms. The average molecular weight is 430 g/mol. The van der Waals surface area contributed by atoms with Crippen molar-refractivity contribution in [1.82, 2.24) is 14.9 Å². The van der Waals surface area contributed by atoms with Crippen LogP contribution in [0.3, 0.4) is 0 Å². The Morgan fingerprint density at radius 2 is 1.94 bits per heavy atom. The van der Waals surface area contributed by atoms with E-state index in [1.165, 1.54) is 0 Å². The molecule has 3 heterocycles. The summed E-state index contributed by atoms with van der Waals surface area (Å²) in [5.74, 6) is 1.69. The maximum absolute atomic E-state index is 12.1. The number of nitrogens with one attached hydrogen (secondary N) is 1. The molecule has 2 aromatic heterocycles. The Balaban J connectivity index is 1.61. The third kappa shape index (κ3) is 3.66. The number of hydrogen-bond acceptors (Lipinski definition) is 6. The van der Waals surface area contributed by atoms with Crippen LogP contribution in [0.5, 0.6) is 0 Å². The van der Waals surface area contributed by atoms with Gasteiger partial charge in [0.25, 0.3) is 0 Å². The number of nitrogens with zero attached hydrogens (tertiary/aromatic N) is 4. The lowest BCUT2D eigenvalue weighted by Gasteiger charge is -2.14. The zero-order valence-electron chi connectivity index (χ0n) is 17.7. The average Bonchev–Trinajstić information content (AvgIpc) is 3.29. The van der Waals surface area contributed by atoms with Gasteiger partial charge in [-0.15, -0.1) is 11.3 Å². The molecular formula is C24H23N5OS. The maximum atomic E-state index is 12.1. The van der Waals surface area contributed by atoms with Gasteiger partial charge in [0, 0.05) is 29.4 Å². The molecule has 1 aliphatic heterocycles. The first kappa shape index (κ1) is 19.7.